The maximum Gasteiger partial charge on any atom is 0.181 e. The van der Waals surface area contributed by atoms with Gasteiger partial charge in [0.15, 0.2) is 12.2 Å². The fourth-order valence-corrected chi connectivity index (χ4v) is 3.39. The molecule has 2 aromatic rings. The summed E-state index contributed by atoms with van der Waals surface area (Å²) in [6.45, 7) is 7.06. The molecule has 1 aromatic carbocycles. The highest BCUT2D eigenvalue weighted by Crippen LogP contribution is 2.42. The summed E-state index contributed by atoms with van der Waals surface area (Å²) in [4.78, 5) is 3.95. The number of rotatable bonds is 3. The van der Waals surface area contributed by atoms with E-state index < -0.39 is 0 Å². The van der Waals surface area contributed by atoms with Gasteiger partial charge in [0, 0.05) is 17.3 Å². The molecule has 3 heteroatoms. The van der Waals surface area contributed by atoms with Gasteiger partial charge in [-0.15, -0.1) is 0 Å². The van der Waals surface area contributed by atoms with Crippen molar-refractivity contribution in [3.63, 3.8) is 0 Å². The first-order chi connectivity index (χ1) is 9.53. The summed E-state index contributed by atoms with van der Waals surface area (Å²) in [6, 6.07) is 8.97. The summed E-state index contributed by atoms with van der Waals surface area (Å²) in [5.41, 5.74) is 2.70. The van der Waals surface area contributed by atoms with Crippen LogP contribution >= 0.6 is 0 Å². The van der Waals surface area contributed by atoms with Crippen LogP contribution in [0.1, 0.15) is 33.6 Å². The third-order valence-corrected chi connectivity index (χ3v) is 4.29. The Morgan fingerprint density at radius 1 is 1.20 bits per heavy atom. The monoisotopic (exact) mass is 270 g/mol. The Morgan fingerprint density at radius 2 is 1.95 bits per heavy atom. The van der Waals surface area contributed by atoms with Crippen molar-refractivity contribution in [1.29, 1.82) is 0 Å². The van der Waals surface area contributed by atoms with Gasteiger partial charge in [0.2, 0.25) is 0 Å². The normalized spacial score (nSPS) is 24.8. The molecule has 1 aliphatic carbocycles. The van der Waals surface area contributed by atoms with Crippen LogP contribution < -0.4 is 5.32 Å². The number of nitrogens with one attached hydrogen (secondary N) is 1. The Hall–Kier alpha value is -1.77. The van der Waals surface area contributed by atoms with Gasteiger partial charge in [-0.05, 0) is 48.4 Å². The largest absolute Gasteiger partial charge is 0.444 e. The van der Waals surface area contributed by atoms with E-state index in [-0.39, 0.29) is 0 Å². The fraction of sp³-hybridized carbons (Fsp3) is 0.471. The molecule has 1 N–H and O–H groups in total. The van der Waals surface area contributed by atoms with Crippen LogP contribution in [0.3, 0.4) is 0 Å². The smallest absolute Gasteiger partial charge is 0.181 e. The molecule has 0 aliphatic heterocycles. The molecular weight excluding hydrogens is 248 g/mol. The summed E-state index contributed by atoms with van der Waals surface area (Å²) in [7, 11) is 0. The van der Waals surface area contributed by atoms with Crippen molar-refractivity contribution in [2.75, 3.05) is 5.32 Å². The number of nitrogens with zero attached hydrogens (tertiary/aromatic N) is 1. The zero-order valence-corrected chi connectivity index (χ0v) is 12.4. The molecule has 0 bridgehead atoms. The highest BCUT2D eigenvalue weighted by Gasteiger charge is 2.36. The van der Waals surface area contributed by atoms with E-state index in [1.165, 1.54) is 24.9 Å². The average Bonchev–Trinajstić information content (AvgIpc) is 2.99. The molecule has 1 saturated carbocycles. The van der Waals surface area contributed by atoms with Crippen LogP contribution in [0.25, 0.3) is 11.3 Å². The third-order valence-electron chi connectivity index (χ3n) is 4.29. The Labute approximate surface area is 120 Å². The lowest BCUT2D eigenvalue weighted by Crippen LogP contribution is -2.22. The fourth-order valence-electron chi connectivity index (χ4n) is 3.39. The second kappa shape index (κ2) is 4.97. The van der Waals surface area contributed by atoms with Crippen LogP contribution in [0.4, 0.5) is 5.69 Å². The molecule has 3 nitrogen and oxygen atoms in total. The van der Waals surface area contributed by atoms with Crippen molar-refractivity contribution in [3.05, 3.63) is 36.9 Å². The first kappa shape index (κ1) is 13.2. The first-order valence-electron chi connectivity index (χ1n) is 7.29. The molecule has 0 saturated heterocycles. The van der Waals surface area contributed by atoms with Crippen molar-refractivity contribution in [3.8, 4) is 11.3 Å². The lowest BCUT2D eigenvalue weighted by atomic mass is 9.91. The zero-order valence-electron chi connectivity index (χ0n) is 12.4. The van der Waals surface area contributed by atoms with Gasteiger partial charge in [0.1, 0.15) is 0 Å². The molecule has 2 atom stereocenters. The minimum atomic E-state index is 0.455. The number of hydrogen-bond acceptors (Lipinski definition) is 3. The van der Waals surface area contributed by atoms with Gasteiger partial charge >= 0.3 is 0 Å². The van der Waals surface area contributed by atoms with Crippen molar-refractivity contribution in [1.82, 2.24) is 4.98 Å². The number of hydrogen-bond donors (Lipinski definition) is 1. The van der Waals surface area contributed by atoms with E-state index in [9.17, 15) is 0 Å². The Balaban J connectivity index is 1.70. The predicted molar refractivity (Wildman–Crippen MR) is 81.5 cm³/mol. The summed E-state index contributed by atoms with van der Waals surface area (Å²) < 4.78 is 5.31. The van der Waals surface area contributed by atoms with Crippen LogP contribution in [-0.2, 0) is 0 Å². The van der Waals surface area contributed by atoms with Gasteiger partial charge in [-0.1, -0.05) is 20.8 Å². The van der Waals surface area contributed by atoms with Gasteiger partial charge < -0.3 is 9.73 Å². The van der Waals surface area contributed by atoms with Gasteiger partial charge in [-0.2, -0.15) is 0 Å². The van der Waals surface area contributed by atoms with Crippen LogP contribution in [0.2, 0.25) is 0 Å². The first-order valence-corrected chi connectivity index (χ1v) is 7.29. The third kappa shape index (κ3) is 2.72. The van der Waals surface area contributed by atoms with E-state index in [0.29, 0.717) is 11.5 Å². The summed E-state index contributed by atoms with van der Waals surface area (Å²) >= 11 is 0. The number of oxazole rings is 1. The molecule has 0 amide bonds. The molecule has 0 spiro atoms. The van der Waals surface area contributed by atoms with Crippen LogP contribution in [-0.4, -0.2) is 11.0 Å². The van der Waals surface area contributed by atoms with Crippen molar-refractivity contribution < 1.29 is 4.42 Å². The van der Waals surface area contributed by atoms with E-state index in [1.807, 2.05) is 0 Å². The van der Waals surface area contributed by atoms with E-state index in [1.54, 1.807) is 6.20 Å². The molecule has 3 rings (SSSR count). The molecule has 106 valence electrons. The summed E-state index contributed by atoms with van der Waals surface area (Å²) in [6.07, 6.45) is 5.73. The van der Waals surface area contributed by atoms with Crippen molar-refractivity contribution >= 4 is 5.69 Å². The minimum absolute atomic E-state index is 0.455. The van der Waals surface area contributed by atoms with Gasteiger partial charge in [0.25, 0.3) is 0 Å². The molecule has 1 fully saturated rings. The van der Waals surface area contributed by atoms with Crippen molar-refractivity contribution in [2.24, 2.45) is 11.3 Å². The predicted octanol–water partition coefficient (Wildman–Crippen LogP) is 4.58. The molecule has 1 aliphatic rings. The van der Waals surface area contributed by atoms with Crippen LogP contribution in [0, 0.1) is 11.3 Å². The topological polar surface area (TPSA) is 38.1 Å². The lowest BCUT2D eigenvalue weighted by Gasteiger charge is -2.20. The highest BCUT2D eigenvalue weighted by atomic mass is 16.3. The van der Waals surface area contributed by atoms with Crippen LogP contribution in [0.5, 0.6) is 0 Å². The summed E-state index contributed by atoms with van der Waals surface area (Å²) in [5.74, 6) is 1.53. The molecule has 2 unspecified atom stereocenters. The minimum Gasteiger partial charge on any atom is -0.444 e. The van der Waals surface area contributed by atoms with E-state index in [4.69, 9.17) is 4.42 Å². The molecule has 20 heavy (non-hydrogen) atoms. The van der Waals surface area contributed by atoms with E-state index in [0.717, 1.165) is 17.2 Å². The molecule has 1 aromatic heterocycles. The summed E-state index contributed by atoms with van der Waals surface area (Å²) in [5, 5.41) is 3.67. The Kier molecular flexibility index (Phi) is 3.28. The molecular formula is C17H22N2O. The molecule has 0 radical (unpaired) electrons. The second-order valence-corrected chi connectivity index (χ2v) is 6.74. The maximum absolute atomic E-state index is 5.31. The average molecular weight is 270 g/mol. The number of anilines is 1. The number of benzene rings is 1. The number of aromatic nitrogens is 1. The maximum atomic E-state index is 5.31. The van der Waals surface area contributed by atoms with Gasteiger partial charge in [-0.25, -0.2) is 4.98 Å². The highest BCUT2D eigenvalue weighted by molar-refractivity contribution is 5.60. The Morgan fingerprint density at radius 3 is 2.50 bits per heavy atom. The lowest BCUT2D eigenvalue weighted by molar-refractivity contribution is 0.366. The van der Waals surface area contributed by atoms with Gasteiger partial charge in [0.05, 0.1) is 6.20 Å². The quantitative estimate of drug-likeness (QED) is 0.887. The molecule has 1 heterocycles. The second-order valence-electron chi connectivity index (χ2n) is 6.74. The Bertz CT molecular complexity index is 557. The van der Waals surface area contributed by atoms with Crippen LogP contribution in [0.15, 0.2) is 41.3 Å². The van der Waals surface area contributed by atoms with E-state index in [2.05, 4.69) is 55.3 Å². The zero-order chi connectivity index (χ0) is 14.2. The van der Waals surface area contributed by atoms with Crippen molar-refractivity contribution in [2.45, 2.75) is 39.7 Å². The SMILES string of the molecule is CC1CC(C)(C)CC1Nc1ccc(-c2cnco2)cc1. The van der Waals surface area contributed by atoms with E-state index >= 15 is 0 Å². The standard InChI is InChI=1S/C17H22N2O/c1-12-8-17(2,3)9-15(12)19-14-6-4-13(5-7-14)16-10-18-11-20-16/h4-7,10-12,15,19H,8-9H2,1-3H3. The van der Waals surface area contributed by atoms with Gasteiger partial charge in [-0.3, -0.25) is 0 Å².